The van der Waals surface area contributed by atoms with E-state index in [4.69, 9.17) is 0 Å². The summed E-state index contributed by atoms with van der Waals surface area (Å²) in [5.41, 5.74) is 1.01. The summed E-state index contributed by atoms with van der Waals surface area (Å²) >= 11 is 1.69. The predicted molar refractivity (Wildman–Crippen MR) is 88.1 cm³/mol. The second kappa shape index (κ2) is 5.50. The number of carbonyl (C=O) groups is 1. The second-order valence-electron chi connectivity index (χ2n) is 6.30. The molecule has 3 heterocycles. The molecular formula is C16H20N4OS. The van der Waals surface area contributed by atoms with Crippen LogP contribution in [-0.2, 0) is 4.79 Å². The molecule has 1 saturated carbocycles. The van der Waals surface area contributed by atoms with Crippen LogP contribution in [0.2, 0.25) is 0 Å². The Morgan fingerprint density at radius 2 is 2.23 bits per heavy atom. The van der Waals surface area contributed by atoms with Crippen molar-refractivity contribution in [3.8, 4) is 0 Å². The number of amides is 1. The third kappa shape index (κ3) is 2.45. The predicted octanol–water partition coefficient (Wildman–Crippen LogP) is 2.53. The van der Waals surface area contributed by atoms with Crippen molar-refractivity contribution in [2.75, 3.05) is 25.0 Å². The summed E-state index contributed by atoms with van der Waals surface area (Å²) in [5.74, 6) is 1.65. The number of fused-ring (bicyclic) bond motifs is 1. The van der Waals surface area contributed by atoms with Gasteiger partial charge in [-0.3, -0.25) is 4.79 Å². The van der Waals surface area contributed by atoms with Gasteiger partial charge in [-0.05, 0) is 37.1 Å². The highest BCUT2D eigenvalue weighted by molar-refractivity contribution is 7.17. The lowest BCUT2D eigenvalue weighted by Crippen LogP contribution is -2.49. The molecular weight excluding hydrogens is 296 g/mol. The van der Waals surface area contributed by atoms with Gasteiger partial charge in [-0.25, -0.2) is 9.97 Å². The van der Waals surface area contributed by atoms with Gasteiger partial charge in [0.15, 0.2) is 0 Å². The van der Waals surface area contributed by atoms with E-state index in [9.17, 15) is 4.79 Å². The topological polar surface area (TPSA) is 49.3 Å². The molecule has 1 aliphatic heterocycles. The molecule has 0 radical (unpaired) electrons. The van der Waals surface area contributed by atoms with E-state index < -0.39 is 0 Å². The quantitative estimate of drug-likeness (QED) is 0.873. The van der Waals surface area contributed by atoms with E-state index in [1.807, 2.05) is 18.0 Å². The number of carbonyl (C=O) groups excluding carboxylic acids is 1. The van der Waals surface area contributed by atoms with Gasteiger partial charge in [0.1, 0.15) is 12.1 Å². The average Bonchev–Trinajstić information content (AvgIpc) is 3.30. The number of piperidine rings is 1. The van der Waals surface area contributed by atoms with Crippen molar-refractivity contribution in [2.45, 2.75) is 31.7 Å². The van der Waals surface area contributed by atoms with Crippen LogP contribution in [0.5, 0.6) is 0 Å². The first-order valence-electron chi connectivity index (χ1n) is 7.94. The lowest BCUT2D eigenvalue weighted by atomic mass is 10.0. The van der Waals surface area contributed by atoms with Crippen molar-refractivity contribution in [2.24, 2.45) is 5.92 Å². The average molecular weight is 316 g/mol. The maximum atomic E-state index is 12.3. The Balaban J connectivity index is 1.55. The monoisotopic (exact) mass is 316 g/mol. The van der Waals surface area contributed by atoms with Crippen LogP contribution in [-0.4, -0.2) is 47.0 Å². The maximum Gasteiger partial charge on any atom is 0.225 e. The van der Waals surface area contributed by atoms with Crippen LogP contribution in [0.3, 0.4) is 0 Å². The molecule has 0 N–H and O–H groups in total. The van der Waals surface area contributed by atoms with Crippen molar-refractivity contribution in [1.29, 1.82) is 0 Å². The number of aromatic nitrogens is 2. The Hall–Kier alpha value is -1.69. The van der Waals surface area contributed by atoms with E-state index >= 15 is 0 Å². The number of anilines is 1. The molecule has 1 unspecified atom stereocenters. The molecule has 2 aliphatic rings. The van der Waals surface area contributed by atoms with Crippen LogP contribution in [0.25, 0.3) is 10.2 Å². The Labute approximate surface area is 134 Å². The zero-order valence-electron chi connectivity index (χ0n) is 12.7. The molecule has 2 fully saturated rings. The summed E-state index contributed by atoms with van der Waals surface area (Å²) in [6.45, 7) is 1.88. The van der Waals surface area contributed by atoms with Crippen molar-refractivity contribution in [1.82, 2.24) is 14.9 Å². The van der Waals surface area contributed by atoms with Gasteiger partial charge in [-0.15, -0.1) is 11.3 Å². The molecule has 6 heteroatoms. The molecule has 1 amide bonds. The van der Waals surface area contributed by atoms with Crippen LogP contribution in [0, 0.1) is 5.92 Å². The summed E-state index contributed by atoms with van der Waals surface area (Å²) in [5, 5.41) is 2.06. The van der Waals surface area contributed by atoms with Crippen molar-refractivity contribution in [3.63, 3.8) is 0 Å². The second-order valence-corrected chi connectivity index (χ2v) is 7.21. The van der Waals surface area contributed by atoms with Crippen LogP contribution < -0.4 is 4.90 Å². The van der Waals surface area contributed by atoms with E-state index in [1.165, 1.54) is 0 Å². The van der Waals surface area contributed by atoms with E-state index in [2.05, 4.69) is 20.2 Å². The fourth-order valence-electron chi connectivity index (χ4n) is 3.26. The van der Waals surface area contributed by atoms with E-state index in [1.54, 1.807) is 17.7 Å². The minimum Gasteiger partial charge on any atom is -0.353 e. The lowest BCUT2D eigenvalue weighted by molar-refractivity contribution is -0.133. The van der Waals surface area contributed by atoms with Gasteiger partial charge in [-0.1, -0.05) is 0 Å². The Morgan fingerprint density at radius 3 is 3.05 bits per heavy atom. The minimum atomic E-state index is 0.295. The van der Waals surface area contributed by atoms with E-state index in [0.717, 1.165) is 54.8 Å². The smallest absolute Gasteiger partial charge is 0.225 e. The van der Waals surface area contributed by atoms with E-state index in [0.29, 0.717) is 17.9 Å². The molecule has 5 nitrogen and oxygen atoms in total. The standard InChI is InChI=1S/C16H20N4OS/c1-19(16(21)11-4-5-11)12-3-2-7-20(9-12)15-14-13(6-8-22-14)17-10-18-15/h6,8,10-12H,2-5,7,9H2,1H3. The molecule has 1 aliphatic carbocycles. The first kappa shape index (κ1) is 13.9. The van der Waals surface area contributed by atoms with Crippen LogP contribution in [0.15, 0.2) is 17.8 Å². The highest BCUT2D eigenvalue weighted by Crippen LogP contribution is 2.33. The third-order valence-corrected chi connectivity index (χ3v) is 5.64. The highest BCUT2D eigenvalue weighted by Gasteiger charge is 2.36. The molecule has 22 heavy (non-hydrogen) atoms. The zero-order chi connectivity index (χ0) is 15.1. The number of nitrogens with zero attached hydrogens (tertiary/aromatic N) is 4. The molecule has 1 saturated heterocycles. The van der Waals surface area contributed by atoms with Gasteiger partial charge < -0.3 is 9.80 Å². The number of likely N-dealkylation sites (N-methyl/N-ethyl adjacent to an activating group) is 1. The molecule has 1 atom stereocenters. The van der Waals surface area contributed by atoms with Gasteiger partial charge >= 0.3 is 0 Å². The fourth-order valence-corrected chi connectivity index (χ4v) is 4.12. The molecule has 0 spiro atoms. The largest absolute Gasteiger partial charge is 0.353 e. The normalized spacial score (nSPS) is 22.0. The van der Waals surface area contributed by atoms with Gasteiger partial charge in [0.25, 0.3) is 0 Å². The Kier molecular flexibility index (Phi) is 3.48. The van der Waals surface area contributed by atoms with Gasteiger partial charge in [0, 0.05) is 32.1 Å². The lowest BCUT2D eigenvalue weighted by Gasteiger charge is -2.38. The van der Waals surface area contributed by atoms with Crippen molar-refractivity contribution >= 4 is 33.3 Å². The SMILES string of the molecule is CN(C(=O)C1CC1)C1CCCN(c2ncnc3ccsc23)C1. The van der Waals surface area contributed by atoms with Gasteiger partial charge in [-0.2, -0.15) is 0 Å². The first-order chi connectivity index (χ1) is 10.7. The summed E-state index contributed by atoms with van der Waals surface area (Å²) < 4.78 is 1.15. The summed E-state index contributed by atoms with van der Waals surface area (Å²) in [7, 11) is 1.97. The van der Waals surface area contributed by atoms with E-state index in [-0.39, 0.29) is 0 Å². The van der Waals surface area contributed by atoms with Crippen LogP contribution >= 0.6 is 11.3 Å². The number of thiophene rings is 1. The Bertz CT molecular complexity index is 696. The summed E-state index contributed by atoms with van der Waals surface area (Å²) in [4.78, 5) is 25.4. The highest BCUT2D eigenvalue weighted by atomic mass is 32.1. The Morgan fingerprint density at radius 1 is 1.36 bits per heavy atom. The molecule has 116 valence electrons. The molecule has 4 rings (SSSR count). The third-order valence-electron chi connectivity index (χ3n) is 4.74. The van der Waals surface area contributed by atoms with Crippen LogP contribution in [0.4, 0.5) is 5.82 Å². The fraction of sp³-hybridized carbons (Fsp3) is 0.562. The summed E-state index contributed by atoms with van der Waals surface area (Å²) in [6, 6.07) is 2.34. The van der Waals surface area contributed by atoms with Crippen molar-refractivity contribution in [3.05, 3.63) is 17.8 Å². The molecule has 2 aromatic heterocycles. The number of hydrogen-bond donors (Lipinski definition) is 0. The number of hydrogen-bond acceptors (Lipinski definition) is 5. The minimum absolute atomic E-state index is 0.295. The van der Waals surface area contributed by atoms with Gasteiger partial charge in [0.05, 0.1) is 10.2 Å². The summed E-state index contributed by atoms with van der Waals surface area (Å²) in [6.07, 6.45) is 5.98. The number of rotatable bonds is 3. The van der Waals surface area contributed by atoms with Gasteiger partial charge in [0.2, 0.25) is 5.91 Å². The van der Waals surface area contributed by atoms with Crippen LogP contribution in [0.1, 0.15) is 25.7 Å². The first-order valence-corrected chi connectivity index (χ1v) is 8.82. The molecule has 2 aromatic rings. The zero-order valence-corrected chi connectivity index (χ0v) is 13.6. The van der Waals surface area contributed by atoms with Crippen molar-refractivity contribution < 1.29 is 4.79 Å². The molecule has 0 aromatic carbocycles. The molecule has 0 bridgehead atoms. The maximum absolute atomic E-state index is 12.3.